The Morgan fingerprint density at radius 1 is 0.471 bits per heavy atom. The minimum Gasteiger partial charge on any atom is -0.483 e. The average molecular weight is 909 g/mol. The number of rotatable bonds is 10. The molecule has 3 unspecified atom stereocenters. The van der Waals surface area contributed by atoms with Crippen LogP contribution in [0, 0.1) is 87.8 Å². The summed E-state index contributed by atoms with van der Waals surface area (Å²) in [6, 6.07) is 25.3. The van der Waals surface area contributed by atoms with Gasteiger partial charge >= 0.3 is 11.9 Å². The van der Waals surface area contributed by atoms with Crippen LogP contribution in [-0.4, -0.2) is 33.9 Å². The molecule has 68 heavy (non-hydrogen) atoms. The SMILES string of the molecule is O=C(O)c1ccc(OC23CC4CC(CC(C4)C2Oc2ccc(C(=O)O)c(Oc4ccc(C#CC56CC7CC(CC(C7)C5)C6)cc4)c2Oc2ccc(C#CC45CC6CC(CC(C6)C4)C5)cc2)C3)cc1. The fraction of sp³-hybridized carbons (Fsp3) is 0.500. The summed E-state index contributed by atoms with van der Waals surface area (Å²) in [5.41, 5.74) is 1.59. The van der Waals surface area contributed by atoms with Crippen molar-refractivity contribution in [2.24, 2.45) is 64.1 Å². The van der Waals surface area contributed by atoms with Gasteiger partial charge in [0.2, 0.25) is 5.75 Å². The molecule has 12 saturated carbocycles. The molecule has 2 N–H and O–H groups in total. The maximum Gasteiger partial charge on any atom is 0.339 e. The lowest BCUT2D eigenvalue weighted by Gasteiger charge is -2.59. The molecule has 16 rings (SSSR count). The molecule has 12 aliphatic carbocycles. The molecule has 0 saturated heterocycles. The van der Waals surface area contributed by atoms with Crippen LogP contribution in [0.25, 0.3) is 0 Å². The van der Waals surface area contributed by atoms with Gasteiger partial charge in [-0.1, -0.05) is 23.7 Å². The molecule has 0 aromatic heterocycles. The van der Waals surface area contributed by atoms with E-state index in [0.29, 0.717) is 34.8 Å². The summed E-state index contributed by atoms with van der Waals surface area (Å²) < 4.78 is 27.7. The Labute approximate surface area is 399 Å². The van der Waals surface area contributed by atoms with Gasteiger partial charge in [-0.2, -0.15) is 0 Å². The lowest BCUT2D eigenvalue weighted by molar-refractivity contribution is -0.180. The maximum atomic E-state index is 13.1. The zero-order valence-corrected chi connectivity index (χ0v) is 38.7. The van der Waals surface area contributed by atoms with Crippen LogP contribution < -0.4 is 18.9 Å². The molecule has 0 amide bonds. The lowest BCUT2D eigenvalue weighted by Crippen LogP contribution is -2.65. The van der Waals surface area contributed by atoms with Gasteiger partial charge in [0.25, 0.3) is 0 Å². The molecule has 0 spiro atoms. The van der Waals surface area contributed by atoms with E-state index in [-0.39, 0.29) is 45.5 Å². The first-order valence-corrected chi connectivity index (χ1v) is 25.7. The third kappa shape index (κ3) is 7.81. The van der Waals surface area contributed by atoms with Gasteiger partial charge in [0, 0.05) is 27.9 Å². The van der Waals surface area contributed by atoms with Crippen molar-refractivity contribution in [1.82, 2.24) is 0 Å². The van der Waals surface area contributed by atoms with E-state index in [2.05, 4.69) is 23.7 Å². The van der Waals surface area contributed by atoms with Crippen LogP contribution in [0.2, 0.25) is 0 Å². The van der Waals surface area contributed by atoms with Gasteiger partial charge in [0.15, 0.2) is 11.5 Å². The van der Waals surface area contributed by atoms with Crippen molar-refractivity contribution in [3.8, 4) is 58.2 Å². The molecule has 12 bridgehead atoms. The number of ether oxygens (including phenoxy) is 4. The van der Waals surface area contributed by atoms with Crippen LogP contribution in [-0.2, 0) is 0 Å². The van der Waals surface area contributed by atoms with Crippen molar-refractivity contribution in [2.45, 2.75) is 121 Å². The number of benzene rings is 4. The second-order valence-electron chi connectivity index (χ2n) is 23.4. The van der Waals surface area contributed by atoms with E-state index in [1.54, 1.807) is 36.4 Å². The Morgan fingerprint density at radius 2 is 0.897 bits per heavy atom. The Kier molecular flexibility index (Phi) is 10.0. The van der Waals surface area contributed by atoms with E-state index in [1.807, 2.05) is 48.5 Å². The van der Waals surface area contributed by atoms with Crippen molar-refractivity contribution >= 4 is 11.9 Å². The molecule has 0 heterocycles. The fourth-order valence-corrected chi connectivity index (χ4v) is 16.7. The highest BCUT2D eigenvalue weighted by Gasteiger charge is 2.61. The smallest absolute Gasteiger partial charge is 0.339 e. The molecule has 12 aliphatic rings. The summed E-state index contributed by atoms with van der Waals surface area (Å²) in [7, 11) is 0. The Hall–Kier alpha value is -5.86. The summed E-state index contributed by atoms with van der Waals surface area (Å²) in [5, 5.41) is 20.3. The molecular formula is C60H60O8. The molecular weight excluding hydrogens is 849 g/mol. The van der Waals surface area contributed by atoms with Crippen LogP contribution in [0.3, 0.4) is 0 Å². The molecule has 4 aromatic rings. The van der Waals surface area contributed by atoms with Gasteiger partial charge in [-0.05, 0) is 241 Å². The first-order chi connectivity index (χ1) is 33.0. The monoisotopic (exact) mass is 908 g/mol. The minimum atomic E-state index is -1.15. The third-order valence-corrected chi connectivity index (χ3v) is 18.3. The second-order valence-corrected chi connectivity index (χ2v) is 23.4. The van der Waals surface area contributed by atoms with E-state index in [4.69, 9.17) is 18.9 Å². The van der Waals surface area contributed by atoms with Crippen LogP contribution in [0.4, 0.5) is 0 Å². The van der Waals surface area contributed by atoms with Gasteiger partial charge in [0.05, 0.1) is 5.56 Å². The summed E-state index contributed by atoms with van der Waals surface area (Å²) in [4.78, 5) is 24.8. The van der Waals surface area contributed by atoms with Crippen LogP contribution >= 0.6 is 0 Å². The zero-order chi connectivity index (χ0) is 45.8. The summed E-state index contributed by atoms with van der Waals surface area (Å²) in [6.45, 7) is 0. The van der Waals surface area contributed by atoms with Crippen LogP contribution in [0.15, 0.2) is 84.9 Å². The zero-order valence-electron chi connectivity index (χ0n) is 38.7. The van der Waals surface area contributed by atoms with E-state index in [9.17, 15) is 19.8 Å². The Morgan fingerprint density at radius 3 is 1.34 bits per heavy atom. The molecule has 348 valence electrons. The molecule has 3 atom stereocenters. The predicted molar refractivity (Wildman–Crippen MR) is 256 cm³/mol. The van der Waals surface area contributed by atoms with E-state index < -0.39 is 17.5 Å². The van der Waals surface area contributed by atoms with Gasteiger partial charge < -0.3 is 29.2 Å². The van der Waals surface area contributed by atoms with Crippen LogP contribution in [0.5, 0.6) is 34.5 Å². The van der Waals surface area contributed by atoms with E-state index >= 15 is 0 Å². The highest BCUT2D eigenvalue weighted by Crippen LogP contribution is 2.62. The number of hydrogen-bond acceptors (Lipinski definition) is 6. The van der Waals surface area contributed by atoms with Gasteiger partial charge in [-0.25, -0.2) is 9.59 Å². The molecule has 0 aliphatic heterocycles. The average Bonchev–Trinajstić information content (AvgIpc) is 3.29. The van der Waals surface area contributed by atoms with Crippen molar-refractivity contribution in [3.63, 3.8) is 0 Å². The minimum absolute atomic E-state index is 0.0503. The number of carboxylic acids is 2. The summed E-state index contributed by atoms with van der Waals surface area (Å²) in [5.74, 6) is 20.8. The Balaban J connectivity index is 0.831. The highest BCUT2D eigenvalue weighted by molar-refractivity contribution is 5.93. The first-order valence-electron chi connectivity index (χ1n) is 25.7. The molecule has 8 heteroatoms. The highest BCUT2D eigenvalue weighted by atomic mass is 16.6. The molecule has 0 radical (unpaired) electrons. The molecule has 8 nitrogen and oxygen atoms in total. The second kappa shape index (κ2) is 16.1. The van der Waals surface area contributed by atoms with Crippen molar-refractivity contribution in [2.75, 3.05) is 0 Å². The van der Waals surface area contributed by atoms with Crippen LogP contribution in [0.1, 0.15) is 141 Å². The fourth-order valence-electron chi connectivity index (χ4n) is 16.7. The summed E-state index contributed by atoms with van der Waals surface area (Å²) >= 11 is 0. The van der Waals surface area contributed by atoms with Gasteiger partial charge in [0.1, 0.15) is 34.5 Å². The molecule has 12 fully saturated rings. The van der Waals surface area contributed by atoms with Crippen molar-refractivity contribution in [1.29, 1.82) is 0 Å². The number of hydrogen-bond donors (Lipinski definition) is 2. The van der Waals surface area contributed by atoms with Crippen molar-refractivity contribution in [3.05, 3.63) is 107 Å². The standard InChI is InChI=1S/C60H60O8/c61-56(62)46-5-11-50(12-6-46)68-60-34-44-25-45(35-60)27-47(26-44)55(60)67-52-14-13-51(57(63)64)53(65-48-7-1-36(2-8-48)15-17-58-28-38-19-39(29-58)21-40(20-38)30-58)54(52)66-49-9-3-37(4-10-49)16-18-59-31-41-22-42(32-59)24-43(23-41)33-59/h1-14,38-45,47,55H,19-35H2,(H,61,62)(H,63,64). The third-order valence-electron chi connectivity index (χ3n) is 18.3. The lowest BCUT2D eigenvalue weighted by atomic mass is 9.50. The topological polar surface area (TPSA) is 112 Å². The Bertz CT molecular complexity index is 2700. The number of carbonyl (C=O) groups is 2. The summed E-state index contributed by atoms with van der Waals surface area (Å²) in [6.07, 6.45) is 20.1. The number of carboxylic acid groups (broad SMARTS) is 2. The predicted octanol–water partition coefficient (Wildman–Crippen LogP) is 13.2. The first kappa shape index (κ1) is 42.3. The quantitative estimate of drug-likeness (QED) is 0.151. The van der Waals surface area contributed by atoms with Crippen molar-refractivity contribution < 1.29 is 38.7 Å². The van der Waals surface area contributed by atoms with E-state index in [1.165, 1.54) is 83.5 Å². The largest absolute Gasteiger partial charge is 0.483 e. The normalized spacial score (nSPS) is 36.0. The number of aromatic carboxylic acids is 2. The molecule has 4 aromatic carbocycles. The van der Waals surface area contributed by atoms with Gasteiger partial charge in [-0.15, -0.1) is 0 Å². The van der Waals surface area contributed by atoms with E-state index in [0.717, 1.165) is 72.3 Å². The maximum absolute atomic E-state index is 13.1. The van der Waals surface area contributed by atoms with Gasteiger partial charge in [-0.3, -0.25) is 0 Å².